The van der Waals surface area contributed by atoms with Crippen molar-refractivity contribution < 1.29 is 14.4 Å². The topological polar surface area (TPSA) is 95.7 Å². The fraction of sp³-hybridized carbons (Fsp3) is 0.346. The number of nitrogens with zero attached hydrogens (tertiary/aromatic N) is 2. The number of carbonyl (C=O) groups is 3. The second-order valence-corrected chi connectivity index (χ2v) is 10.0. The highest BCUT2D eigenvalue weighted by Crippen LogP contribution is 2.37. The van der Waals surface area contributed by atoms with Gasteiger partial charge in [-0.05, 0) is 48.1 Å². The number of piperazine rings is 1. The van der Waals surface area contributed by atoms with Crippen molar-refractivity contribution >= 4 is 44.8 Å². The minimum absolute atomic E-state index is 0.0242. The number of primary amides is 1. The van der Waals surface area contributed by atoms with Crippen LogP contribution in [0.3, 0.4) is 0 Å². The Labute approximate surface area is 202 Å². The Morgan fingerprint density at radius 1 is 0.941 bits per heavy atom. The molecule has 0 radical (unpaired) electrons. The molecule has 2 heterocycles. The molecule has 2 aromatic carbocycles. The lowest BCUT2D eigenvalue weighted by Gasteiger charge is -2.34. The molecule has 8 heteroatoms. The largest absolute Gasteiger partial charge is 0.365 e. The van der Waals surface area contributed by atoms with Crippen LogP contribution in [-0.4, -0.2) is 60.2 Å². The summed E-state index contributed by atoms with van der Waals surface area (Å²) in [7, 11) is 0. The third-order valence-electron chi connectivity index (χ3n) is 6.72. The molecule has 176 valence electrons. The molecular weight excluding hydrogens is 448 g/mol. The van der Waals surface area contributed by atoms with Crippen LogP contribution in [0.15, 0.2) is 42.5 Å². The minimum Gasteiger partial charge on any atom is -0.365 e. The molecule has 1 fully saturated rings. The first kappa shape index (κ1) is 22.6. The number of hydrogen-bond acceptors (Lipinski definition) is 5. The standard InChI is InChI=1S/C26H28N4O3S/c27-24(32)23-20-9-3-4-11-21(20)34-25(23)28-22(31)16-29-12-14-30(15-13-29)26(33)19-10-5-7-17-6-1-2-8-18(17)19/h1-2,5-8,10H,3-4,9,11-16H2,(H2,27,32)(H,28,31). The normalized spacial score (nSPS) is 16.3. The van der Waals surface area contributed by atoms with Gasteiger partial charge in [0.15, 0.2) is 0 Å². The van der Waals surface area contributed by atoms with E-state index in [0.717, 1.165) is 46.9 Å². The Morgan fingerprint density at radius 2 is 1.68 bits per heavy atom. The van der Waals surface area contributed by atoms with Gasteiger partial charge in [-0.15, -0.1) is 11.3 Å². The average molecular weight is 477 g/mol. The van der Waals surface area contributed by atoms with Gasteiger partial charge >= 0.3 is 0 Å². The quantitative estimate of drug-likeness (QED) is 0.591. The first-order chi connectivity index (χ1) is 16.5. The van der Waals surface area contributed by atoms with Crippen LogP contribution >= 0.6 is 11.3 Å². The number of thiophene rings is 1. The molecule has 1 aliphatic heterocycles. The van der Waals surface area contributed by atoms with E-state index in [-0.39, 0.29) is 18.4 Å². The van der Waals surface area contributed by atoms with E-state index in [2.05, 4.69) is 5.32 Å². The van der Waals surface area contributed by atoms with E-state index in [9.17, 15) is 14.4 Å². The molecule has 0 unspecified atom stereocenters. The zero-order valence-electron chi connectivity index (χ0n) is 19.0. The molecule has 3 aromatic rings. The van der Waals surface area contributed by atoms with Crippen LogP contribution in [0.25, 0.3) is 10.8 Å². The fourth-order valence-corrected chi connectivity index (χ4v) is 6.29. The molecule has 1 aromatic heterocycles. The van der Waals surface area contributed by atoms with E-state index in [1.165, 1.54) is 11.3 Å². The molecule has 0 saturated carbocycles. The van der Waals surface area contributed by atoms with Crippen LogP contribution in [0, 0.1) is 0 Å². The third-order valence-corrected chi connectivity index (χ3v) is 7.92. The maximum absolute atomic E-state index is 13.2. The van der Waals surface area contributed by atoms with Crippen LogP contribution in [0.2, 0.25) is 0 Å². The molecular formula is C26H28N4O3S. The van der Waals surface area contributed by atoms with Crippen molar-refractivity contribution in [2.24, 2.45) is 5.73 Å². The second-order valence-electron chi connectivity index (χ2n) is 8.92. The number of anilines is 1. The van der Waals surface area contributed by atoms with E-state index in [1.54, 1.807) is 0 Å². The van der Waals surface area contributed by atoms with Gasteiger partial charge in [0, 0.05) is 36.6 Å². The van der Waals surface area contributed by atoms with Crippen LogP contribution in [0.4, 0.5) is 5.00 Å². The molecule has 3 N–H and O–H groups in total. The maximum Gasteiger partial charge on any atom is 0.254 e. The van der Waals surface area contributed by atoms with Gasteiger partial charge in [0.1, 0.15) is 5.00 Å². The van der Waals surface area contributed by atoms with Crippen molar-refractivity contribution in [1.82, 2.24) is 9.80 Å². The van der Waals surface area contributed by atoms with E-state index >= 15 is 0 Å². The lowest BCUT2D eigenvalue weighted by atomic mass is 9.95. The first-order valence-corrected chi connectivity index (χ1v) is 12.6. The van der Waals surface area contributed by atoms with Crippen LogP contribution in [0.1, 0.15) is 44.0 Å². The summed E-state index contributed by atoms with van der Waals surface area (Å²) in [5.74, 6) is -0.610. The zero-order valence-corrected chi connectivity index (χ0v) is 19.8. The predicted molar refractivity (Wildman–Crippen MR) is 134 cm³/mol. The monoisotopic (exact) mass is 476 g/mol. The summed E-state index contributed by atoms with van der Waals surface area (Å²) < 4.78 is 0. The summed E-state index contributed by atoms with van der Waals surface area (Å²) in [5.41, 5.74) is 7.85. The summed E-state index contributed by atoms with van der Waals surface area (Å²) >= 11 is 1.48. The molecule has 0 atom stereocenters. The predicted octanol–water partition coefficient (Wildman–Crippen LogP) is 3.28. The Hall–Kier alpha value is -3.23. The molecule has 3 amide bonds. The van der Waals surface area contributed by atoms with Gasteiger partial charge in [-0.3, -0.25) is 19.3 Å². The highest BCUT2D eigenvalue weighted by Gasteiger charge is 2.27. The van der Waals surface area contributed by atoms with E-state index in [4.69, 9.17) is 5.73 Å². The van der Waals surface area contributed by atoms with Gasteiger partial charge in [-0.25, -0.2) is 0 Å². The van der Waals surface area contributed by atoms with Gasteiger partial charge in [0.05, 0.1) is 12.1 Å². The number of benzene rings is 2. The van der Waals surface area contributed by atoms with Gasteiger partial charge in [0.2, 0.25) is 5.91 Å². The summed E-state index contributed by atoms with van der Waals surface area (Å²) in [6.07, 6.45) is 3.91. The molecule has 1 aliphatic carbocycles. The van der Waals surface area contributed by atoms with Crippen molar-refractivity contribution in [2.75, 3.05) is 38.0 Å². The first-order valence-electron chi connectivity index (χ1n) is 11.7. The number of carbonyl (C=O) groups excluding carboxylic acids is 3. The number of nitrogens with one attached hydrogen (secondary N) is 1. The number of amides is 3. The van der Waals surface area contributed by atoms with Gasteiger partial charge < -0.3 is 16.0 Å². The summed E-state index contributed by atoms with van der Waals surface area (Å²) in [5, 5.41) is 5.52. The summed E-state index contributed by atoms with van der Waals surface area (Å²) in [6.45, 7) is 2.59. The van der Waals surface area contributed by atoms with Crippen molar-refractivity contribution in [3.63, 3.8) is 0 Å². The molecule has 5 rings (SSSR count). The van der Waals surface area contributed by atoms with Crippen LogP contribution in [-0.2, 0) is 17.6 Å². The van der Waals surface area contributed by atoms with Crippen molar-refractivity contribution in [3.05, 3.63) is 64.0 Å². The molecule has 2 aliphatic rings. The van der Waals surface area contributed by atoms with Crippen LogP contribution < -0.4 is 11.1 Å². The Bertz CT molecular complexity index is 1250. The molecule has 0 spiro atoms. The van der Waals surface area contributed by atoms with Crippen LogP contribution in [0.5, 0.6) is 0 Å². The minimum atomic E-state index is -0.477. The Kier molecular flexibility index (Phi) is 6.34. The average Bonchev–Trinajstić information content (AvgIpc) is 3.21. The molecule has 34 heavy (non-hydrogen) atoms. The smallest absolute Gasteiger partial charge is 0.254 e. The highest BCUT2D eigenvalue weighted by molar-refractivity contribution is 7.17. The maximum atomic E-state index is 13.2. The SMILES string of the molecule is NC(=O)c1c(NC(=O)CN2CCN(C(=O)c3cccc4ccccc34)CC2)sc2c1CCCC2. The lowest BCUT2D eigenvalue weighted by molar-refractivity contribution is -0.117. The second kappa shape index (κ2) is 9.56. The van der Waals surface area contributed by atoms with Crippen molar-refractivity contribution in [3.8, 4) is 0 Å². The van der Waals surface area contributed by atoms with Gasteiger partial charge in [-0.2, -0.15) is 0 Å². The number of rotatable bonds is 5. The highest BCUT2D eigenvalue weighted by atomic mass is 32.1. The number of hydrogen-bond donors (Lipinski definition) is 2. The fourth-order valence-electron chi connectivity index (χ4n) is 4.98. The van der Waals surface area contributed by atoms with E-state index < -0.39 is 5.91 Å². The van der Waals surface area contributed by atoms with Gasteiger partial charge in [-0.1, -0.05) is 36.4 Å². The number of aryl methyl sites for hydroxylation is 1. The van der Waals surface area contributed by atoms with Gasteiger partial charge in [0.25, 0.3) is 11.8 Å². The molecule has 0 bridgehead atoms. The van der Waals surface area contributed by atoms with E-state index in [1.807, 2.05) is 52.3 Å². The Balaban J connectivity index is 1.20. The number of nitrogens with two attached hydrogens (primary N) is 1. The number of fused-ring (bicyclic) bond motifs is 2. The molecule has 1 saturated heterocycles. The molecule has 7 nitrogen and oxygen atoms in total. The summed E-state index contributed by atoms with van der Waals surface area (Å²) in [4.78, 5) is 43.1. The van der Waals surface area contributed by atoms with Crippen molar-refractivity contribution in [2.45, 2.75) is 25.7 Å². The van der Waals surface area contributed by atoms with Crippen molar-refractivity contribution in [1.29, 1.82) is 0 Å². The van der Waals surface area contributed by atoms with E-state index in [0.29, 0.717) is 42.3 Å². The Morgan fingerprint density at radius 3 is 2.47 bits per heavy atom. The summed E-state index contributed by atoms with van der Waals surface area (Å²) in [6, 6.07) is 13.7. The lowest BCUT2D eigenvalue weighted by Crippen LogP contribution is -2.50. The zero-order chi connectivity index (χ0) is 23.7. The third kappa shape index (κ3) is 4.43.